The molecule has 3 aromatic rings. The molecule has 0 saturated carbocycles. The molecule has 1 fully saturated rings. The quantitative estimate of drug-likeness (QED) is 0.643. The number of halogens is 1. The van der Waals surface area contributed by atoms with E-state index < -0.39 is 0 Å². The molecule has 6 nitrogen and oxygen atoms in total. The Balaban J connectivity index is 1.46. The van der Waals surface area contributed by atoms with Gasteiger partial charge >= 0.3 is 0 Å². The van der Waals surface area contributed by atoms with Gasteiger partial charge in [-0.05, 0) is 17.5 Å². The average Bonchev–Trinajstić information content (AvgIpc) is 3.38. The lowest BCUT2D eigenvalue weighted by Crippen LogP contribution is -2.48. The fourth-order valence-electron chi connectivity index (χ4n) is 3.26. The molecule has 1 N–H and O–H groups in total. The number of thiazole rings is 1. The van der Waals surface area contributed by atoms with Gasteiger partial charge in [0, 0.05) is 49.1 Å². The summed E-state index contributed by atoms with van der Waals surface area (Å²) < 4.78 is 0. The maximum atomic E-state index is 12.9. The van der Waals surface area contributed by atoms with E-state index in [4.69, 9.17) is 11.6 Å². The van der Waals surface area contributed by atoms with Gasteiger partial charge in [-0.25, -0.2) is 4.98 Å². The summed E-state index contributed by atoms with van der Waals surface area (Å²) in [5.74, 6) is -0.0879. The van der Waals surface area contributed by atoms with Crippen LogP contribution in [0.1, 0.15) is 16.6 Å². The van der Waals surface area contributed by atoms with Crippen LogP contribution in [0.25, 0.3) is 11.3 Å². The predicted octanol–water partition coefficient (Wildman–Crippen LogP) is 4.45. The molecule has 0 atom stereocenters. The van der Waals surface area contributed by atoms with Gasteiger partial charge in [0.25, 0.3) is 5.91 Å². The van der Waals surface area contributed by atoms with Crippen molar-refractivity contribution in [2.24, 2.45) is 0 Å². The Hall–Kier alpha value is -2.42. The molecule has 1 saturated heterocycles. The highest BCUT2D eigenvalue weighted by molar-refractivity contribution is 7.15. The van der Waals surface area contributed by atoms with Gasteiger partial charge in [0.05, 0.1) is 11.4 Å². The molecule has 4 rings (SSSR count). The summed E-state index contributed by atoms with van der Waals surface area (Å²) in [4.78, 5) is 33.5. The van der Waals surface area contributed by atoms with Crippen LogP contribution in [-0.2, 0) is 4.79 Å². The summed E-state index contributed by atoms with van der Waals surface area (Å²) in [7, 11) is 0. The Bertz CT molecular complexity index is 1040. The predicted molar refractivity (Wildman–Crippen MR) is 119 cm³/mol. The number of nitrogens with zero attached hydrogens (tertiary/aromatic N) is 3. The number of aromatic nitrogens is 1. The topological polar surface area (TPSA) is 65.5 Å². The van der Waals surface area contributed by atoms with Crippen LogP contribution < -0.4 is 10.2 Å². The molecule has 1 aliphatic rings. The van der Waals surface area contributed by atoms with Gasteiger partial charge in [0.15, 0.2) is 5.13 Å². The number of benzene rings is 1. The van der Waals surface area contributed by atoms with Gasteiger partial charge in [0.2, 0.25) is 5.91 Å². The Kier molecular flexibility index (Phi) is 5.84. The molecule has 0 spiro atoms. The molecule has 1 aliphatic heterocycles. The second kappa shape index (κ2) is 8.52. The van der Waals surface area contributed by atoms with Crippen molar-refractivity contribution >= 4 is 56.9 Å². The SMILES string of the molecule is CC(=O)N1CCN(c2ccsc2C(=O)Nc2nc(-c3ccccc3Cl)cs2)CC1. The number of carbonyl (C=O) groups excluding carboxylic acids is 2. The third-order valence-electron chi connectivity index (χ3n) is 4.79. The largest absolute Gasteiger partial charge is 0.367 e. The summed E-state index contributed by atoms with van der Waals surface area (Å²) in [6.07, 6.45) is 0. The molecule has 0 radical (unpaired) electrons. The van der Waals surface area contributed by atoms with Gasteiger partial charge in [-0.15, -0.1) is 22.7 Å². The third kappa shape index (κ3) is 4.29. The van der Waals surface area contributed by atoms with Crippen molar-refractivity contribution in [1.29, 1.82) is 0 Å². The van der Waals surface area contributed by atoms with E-state index in [9.17, 15) is 9.59 Å². The zero-order chi connectivity index (χ0) is 20.4. The second-order valence-electron chi connectivity index (χ2n) is 6.60. The summed E-state index contributed by atoms with van der Waals surface area (Å²) in [5, 5.41) is 7.86. The first-order valence-corrected chi connectivity index (χ1v) is 11.3. The first-order valence-electron chi connectivity index (χ1n) is 9.12. The third-order valence-corrected chi connectivity index (χ3v) is 6.78. The van der Waals surface area contributed by atoms with Crippen LogP contribution in [0.2, 0.25) is 5.02 Å². The van der Waals surface area contributed by atoms with Gasteiger partial charge in [-0.3, -0.25) is 14.9 Å². The van der Waals surface area contributed by atoms with E-state index in [1.807, 2.05) is 46.0 Å². The fraction of sp³-hybridized carbons (Fsp3) is 0.250. The molecule has 0 unspecified atom stereocenters. The minimum atomic E-state index is -0.177. The number of thiophene rings is 1. The lowest BCUT2D eigenvalue weighted by atomic mass is 10.2. The average molecular weight is 447 g/mol. The highest BCUT2D eigenvalue weighted by Gasteiger charge is 2.24. The van der Waals surface area contributed by atoms with Crippen LogP contribution in [0.3, 0.4) is 0 Å². The molecule has 0 bridgehead atoms. The minimum absolute atomic E-state index is 0.0889. The molecular formula is C20H19ClN4O2S2. The Labute approximate surface area is 181 Å². The lowest BCUT2D eigenvalue weighted by Gasteiger charge is -2.35. The molecule has 150 valence electrons. The smallest absolute Gasteiger partial charge is 0.269 e. The standard InChI is InChI=1S/C20H19ClN4O2S2/c1-13(26)24-7-9-25(10-8-24)17-6-11-28-18(17)19(27)23-20-22-16(12-29-20)14-4-2-3-5-15(14)21/h2-6,11-12H,7-10H2,1H3,(H,22,23,27). The van der Waals surface area contributed by atoms with Gasteiger partial charge < -0.3 is 9.80 Å². The van der Waals surface area contributed by atoms with Crippen LogP contribution in [-0.4, -0.2) is 47.9 Å². The molecule has 29 heavy (non-hydrogen) atoms. The summed E-state index contributed by atoms with van der Waals surface area (Å²) in [5.41, 5.74) is 2.48. The Morgan fingerprint density at radius 3 is 2.59 bits per heavy atom. The molecular weight excluding hydrogens is 428 g/mol. The zero-order valence-electron chi connectivity index (χ0n) is 15.7. The van der Waals surface area contributed by atoms with E-state index in [2.05, 4.69) is 15.2 Å². The Morgan fingerprint density at radius 1 is 1.10 bits per heavy atom. The zero-order valence-corrected chi connectivity index (χ0v) is 18.1. The van der Waals surface area contributed by atoms with Gasteiger partial charge in [-0.2, -0.15) is 0 Å². The lowest BCUT2D eigenvalue weighted by molar-refractivity contribution is -0.129. The number of anilines is 2. The van der Waals surface area contributed by atoms with Crippen molar-refractivity contribution < 1.29 is 9.59 Å². The van der Waals surface area contributed by atoms with Gasteiger partial charge in [0.1, 0.15) is 4.88 Å². The highest BCUT2D eigenvalue weighted by Crippen LogP contribution is 2.32. The molecule has 3 heterocycles. The highest BCUT2D eigenvalue weighted by atomic mass is 35.5. The number of nitrogens with one attached hydrogen (secondary N) is 1. The first-order chi connectivity index (χ1) is 14.0. The normalized spacial score (nSPS) is 14.1. The van der Waals surface area contributed by atoms with Crippen molar-refractivity contribution in [3.05, 3.63) is 51.0 Å². The van der Waals surface area contributed by atoms with Crippen LogP contribution in [0, 0.1) is 0 Å². The number of piperazine rings is 1. The van der Waals surface area contributed by atoms with Crippen molar-refractivity contribution in [3.8, 4) is 11.3 Å². The van der Waals surface area contributed by atoms with E-state index in [-0.39, 0.29) is 11.8 Å². The molecule has 0 aliphatic carbocycles. The minimum Gasteiger partial charge on any atom is -0.367 e. The van der Waals surface area contributed by atoms with Crippen LogP contribution >= 0.6 is 34.3 Å². The summed E-state index contributed by atoms with van der Waals surface area (Å²) in [6, 6.07) is 9.46. The molecule has 9 heteroatoms. The van der Waals surface area contributed by atoms with E-state index >= 15 is 0 Å². The van der Waals surface area contributed by atoms with E-state index in [1.54, 1.807) is 6.92 Å². The van der Waals surface area contributed by atoms with E-state index in [0.717, 1.165) is 16.9 Å². The summed E-state index contributed by atoms with van der Waals surface area (Å²) >= 11 is 9.01. The van der Waals surface area contributed by atoms with Gasteiger partial charge in [-0.1, -0.05) is 29.8 Å². The van der Waals surface area contributed by atoms with Crippen molar-refractivity contribution in [1.82, 2.24) is 9.88 Å². The summed E-state index contributed by atoms with van der Waals surface area (Å²) in [6.45, 7) is 4.35. The Morgan fingerprint density at radius 2 is 1.86 bits per heavy atom. The van der Waals surface area contributed by atoms with Crippen molar-refractivity contribution in [3.63, 3.8) is 0 Å². The van der Waals surface area contributed by atoms with Crippen LogP contribution in [0.15, 0.2) is 41.1 Å². The molecule has 2 aromatic heterocycles. The number of rotatable bonds is 4. The van der Waals surface area contributed by atoms with E-state index in [1.165, 1.54) is 22.7 Å². The fourth-order valence-corrected chi connectivity index (χ4v) is 5.01. The number of amides is 2. The molecule has 1 aromatic carbocycles. The van der Waals surface area contributed by atoms with Crippen molar-refractivity contribution in [2.75, 3.05) is 36.4 Å². The van der Waals surface area contributed by atoms with Crippen LogP contribution in [0.4, 0.5) is 10.8 Å². The van der Waals surface area contributed by atoms with Crippen LogP contribution in [0.5, 0.6) is 0 Å². The monoisotopic (exact) mass is 446 g/mol. The number of hydrogen-bond acceptors (Lipinski definition) is 6. The molecule has 2 amide bonds. The first kappa shape index (κ1) is 19.9. The number of carbonyl (C=O) groups is 2. The van der Waals surface area contributed by atoms with Crippen molar-refractivity contribution in [2.45, 2.75) is 6.92 Å². The maximum Gasteiger partial charge on any atom is 0.269 e. The maximum absolute atomic E-state index is 12.9. The second-order valence-corrected chi connectivity index (χ2v) is 8.78. The number of hydrogen-bond donors (Lipinski definition) is 1. The van der Waals surface area contributed by atoms with E-state index in [0.29, 0.717) is 41.2 Å².